The fraction of sp³-hybridized carbons (Fsp3) is 0.348. The lowest BCUT2D eigenvalue weighted by Gasteiger charge is -2.44. The van der Waals surface area contributed by atoms with E-state index in [0.717, 1.165) is 12.8 Å². The number of benzene rings is 2. The molecule has 1 heterocycles. The molecule has 0 aromatic heterocycles. The average Bonchev–Trinajstić information content (AvgIpc) is 3.18. The number of carbonyl (C=O) groups excluding carboxylic acids is 1. The van der Waals surface area contributed by atoms with Gasteiger partial charge < -0.3 is 9.64 Å². The molecule has 2 aromatic rings. The lowest BCUT2D eigenvalue weighted by atomic mass is 9.36. The molecule has 0 aliphatic carbocycles. The molecule has 1 saturated heterocycles. The van der Waals surface area contributed by atoms with Gasteiger partial charge in [0.25, 0.3) is 5.91 Å². The lowest BCUT2D eigenvalue weighted by Crippen LogP contribution is -2.61. The summed E-state index contributed by atoms with van der Waals surface area (Å²) in [4.78, 5) is 16.0. The van der Waals surface area contributed by atoms with Gasteiger partial charge in [-0.15, -0.1) is 0 Å². The van der Waals surface area contributed by atoms with Crippen molar-refractivity contribution in [2.24, 2.45) is 0 Å². The van der Waals surface area contributed by atoms with E-state index in [-0.39, 0.29) is 16.6 Å². The number of nitriles is 2. The van der Waals surface area contributed by atoms with Crippen molar-refractivity contribution in [2.75, 3.05) is 6.54 Å². The van der Waals surface area contributed by atoms with Crippen molar-refractivity contribution >= 4 is 90.5 Å². The van der Waals surface area contributed by atoms with Crippen molar-refractivity contribution in [1.82, 2.24) is 4.90 Å². The minimum Gasteiger partial charge on any atom is -0.477 e. The van der Waals surface area contributed by atoms with Crippen molar-refractivity contribution < 1.29 is 9.53 Å². The molecule has 1 fully saturated rings. The van der Waals surface area contributed by atoms with Crippen LogP contribution in [0.2, 0.25) is 0 Å². The molecule has 3 rings (SSSR count). The molecule has 0 spiro atoms. The third kappa shape index (κ3) is 4.66. The standard InChI is InChI=1S/C23H31B8N3O2/c1-21(2,36-13-5-4-11(9-32)8-12(13)10-33)20(35)34-7-3-6-22(34,28)14-16(24)18(26)15(23(29,30)31)19(27)17(14)25/h4-5,8H,3,6-7,24-31H2,1-2H3/t22-/m0/s1. The second kappa shape index (κ2) is 9.59. The third-order valence-electron chi connectivity index (χ3n) is 7.91. The molecule has 174 valence electrons. The van der Waals surface area contributed by atoms with E-state index in [2.05, 4.69) is 68.8 Å². The van der Waals surface area contributed by atoms with Crippen molar-refractivity contribution in [3.63, 3.8) is 0 Å². The van der Waals surface area contributed by atoms with Crippen LogP contribution in [0.15, 0.2) is 18.2 Å². The third-order valence-corrected chi connectivity index (χ3v) is 7.91. The van der Waals surface area contributed by atoms with Gasteiger partial charge in [-0.25, -0.2) is 0 Å². The second-order valence-electron chi connectivity index (χ2n) is 11.9. The van der Waals surface area contributed by atoms with Crippen LogP contribution < -0.4 is 26.6 Å². The van der Waals surface area contributed by atoms with Gasteiger partial charge in [-0.05, 0) is 50.5 Å². The Balaban J connectivity index is 2.07. The molecule has 0 saturated carbocycles. The Bertz CT molecular complexity index is 1300. The Kier molecular flexibility index (Phi) is 7.40. The van der Waals surface area contributed by atoms with Gasteiger partial charge in [-0.1, -0.05) is 32.5 Å². The molecule has 0 radical (unpaired) electrons. The predicted octanol–water partition coefficient (Wildman–Crippen LogP) is -7.26. The Morgan fingerprint density at radius 3 is 2.11 bits per heavy atom. The summed E-state index contributed by atoms with van der Waals surface area (Å²) in [5.74, 6) is 0.203. The highest BCUT2D eigenvalue weighted by Crippen LogP contribution is 2.37. The van der Waals surface area contributed by atoms with Gasteiger partial charge >= 0.3 is 0 Å². The molecule has 5 nitrogen and oxygen atoms in total. The topological polar surface area (TPSA) is 77.1 Å². The van der Waals surface area contributed by atoms with Crippen LogP contribution in [-0.2, 0) is 15.3 Å². The molecular weight excluding hydrogens is 437 g/mol. The first-order valence-corrected chi connectivity index (χ1v) is 12.7. The van der Waals surface area contributed by atoms with Gasteiger partial charge in [-0.3, -0.25) is 4.79 Å². The molecule has 36 heavy (non-hydrogen) atoms. The van der Waals surface area contributed by atoms with E-state index in [1.807, 2.05) is 11.0 Å². The van der Waals surface area contributed by atoms with Crippen LogP contribution in [0.3, 0.4) is 0 Å². The Hall–Kier alpha value is -2.79. The largest absolute Gasteiger partial charge is 0.477 e. The summed E-state index contributed by atoms with van der Waals surface area (Å²) in [6.07, 6.45) is 1.79. The molecule has 0 unspecified atom stereocenters. The Morgan fingerprint density at radius 2 is 1.61 bits per heavy atom. The number of rotatable bonds is 5. The fourth-order valence-corrected chi connectivity index (χ4v) is 6.21. The quantitative estimate of drug-likeness (QED) is 0.409. The van der Waals surface area contributed by atoms with Gasteiger partial charge in [0.05, 0.1) is 40.7 Å². The maximum atomic E-state index is 14.1. The molecule has 13 heteroatoms. The normalized spacial score (nSPS) is 17.8. The number of hydrogen-bond donors (Lipinski definition) is 0. The van der Waals surface area contributed by atoms with Crippen molar-refractivity contribution in [3.05, 3.63) is 40.5 Å². The first kappa shape index (κ1) is 27.8. The van der Waals surface area contributed by atoms with Crippen molar-refractivity contribution in [1.29, 1.82) is 10.5 Å². The smallest absolute Gasteiger partial charge is 0.266 e. The zero-order valence-electron chi connectivity index (χ0n) is 23.5. The van der Waals surface area contributed by atoms with Crippen LogP contribution in [0, 0.1) is 22.7 Å². The van der Waals surface area contributed by atoms with E-state index >= 15 is 0 Å². The zero-order chi connectivity index (χ0) is 27.2. The van der Waals surface area contributed by atoms with Gasteiger partial charge in [-0.2, -0.15) is 10.5 Å². The van der Waals surface area contributed by atoms with Crippen LogP contribution >= 0.6 is 0 Å². The van der Waals surface area contributed by atoms with Crippen LogP contribution in [0.5, 0.6) is 5.75 Å². The van der Waals surface area contributed by atoms with Crippen LogP contribution in [0.1, 0.15) is 48.9 Å². The maximum absolute atomic E-state index is 14.1. The van der Waals surface area contributed by atoms with E-state index in [1.54, 1.807) is 26.0 Å². The maximum Gasteiger partial charge on any atom is 0.266 e. The van der Waals surface area contributed by atoms with Gasteiger partial charge in [0.15, 0.2) is 5.60 Å². The highest BCUT2D eigenvalue weighted by molar-refractivity contribution is 6.65. The Labute approximate surface area is 223 Å². The molecule has 0 N–H and O–H groups in total. The van der Waals surface area contributed by atoms with Gasteiger partial charge in [0.1, 0.15) is 51.1 Å². The lowest BCUT2D eigenvalue weighted by molar-refractivity contribution is -0.147. The summed E-state index contributed by atoms with van der Waals surface area (Å²) in [7, 11) is 17.7. The Morgan fingerprint density at radius 1 is 1.03 bits per heavy atom. The van der Waals surface area contributed by atoms with E-state index in [1.165, 1.54) is 39.0 Å². The molecule has 1 atom stereocenters. The average molecular weight is 468 g/mol. The van der Waals surface area contributed by atoms with E-state index in [4.69, 9.17) is 10.00 Å². The van der Waals surface area contributed by atoms with Gasteiger partial charge in [0, 0.05) is 12.0 Å². The summed E-state index contributed by atoms with van der Waals surface area (Å²) in [6.45, 7) is 4.16. The highest BCUT2D eigenvalue weighted by atomic mass is 16.5. The number of nitrogens with zero attached hydrogens (tertiary/aromatic N) is 3. The van der Waals surface area contributed by atoms with Gasteiger partial charge in [0.2, 0.25) is 0 Å². The second-order valence-corrected chi connectivity index (χ2v) is 11.9. The number of carbonyl (C=O) groups is 1. The number of ether oxygens (including phenoxy) is 1. The summed E-state index contributed by atoms with van der Waals surface area (Å²) in [5.41, 5.74) is 6.70. The minimum absolute atomic E-state index is 0.0314. The molecular formula is C23H31B8N3O2. The van der Waals surface area contributed by atoms with Crippen LogP contribution in [-0.4, -0.2) is 85.7 Å². The van der Waals surface area contributed by atoms with Crippen molar-refractivity contribution in [2.45, 2.75) is 42.8 Å². The number of likely N-dealkylation sites (tertiary alicyclic amines) is 1. The summed E-state index contributed by atoms with van der Waals surface area (Å²) < 4.78 is 6.18. The summed E-state index contributed by atoms with van der Waals surface area (Å²) in [6, 6.07) is 8.82. The first-order valence-electron chi connectivity index (χ1n) is 12.7. The van der Waals surface area contributed by atoms with Crippen LogP contribution in [0.25, 0.3) is 0 Å². The predicted molar refractivity (Wildman–Crippen MR) is 168 cm³/mol. The van der Waals surface area contributed by atoms with Crippen molar-refractivity contribution in [3.8, 4) is 17.9 Å². The number of hydrogen-bond acceptors (Lipinski definition) is 4. The molecule has 1 amide bonds. The van der Waals surface area contributed by atoms with E-state index in [9.17, 15) is 10.1 Å². The molecule has 2 aromatic carbocycles. The minimum atomic E-state index is -1.19. The molecule has 1 aliphatic rings. The summed E-state index contributed by atoms with van der Waals surface area (Å²) >= 11 is 0. The molecule has 0 bridgehead atoms. The first-order chi connectivity index (χ1) is 16.6. The highest BCUT2D eigenvalue weighted by Gasteiger charge is 2.48. The van der Waals surface area contributed by atoms with E-state index in [0.29, 0.717) is 17.9 Å². The number of amides is 1. The summed E-state index contributed by atoms with van der Waals surface area (Å²) in [5, 5.41) is 18.8. The zero-order valence-corrected chi connectivity index (χ0v) is 23.5. The molecule has 1 aliphatic heterocycles. The SMILES string of the molecule is Bc1c(B)c([C@]2(B)CCCN2C(=O)C(C)(C)Oc2ccc(C#N)cc2C#N)c(B)c(B)c1C(B)(B)B. The monoisotopic (exact) mass is 469 g/mol. The van der Waals surface area contributed by atoms with E-state index < -0.39 is 11.0 Å². The fourth-order valence-electron chi connectivity index (χ4n) is 6.21. The van der Waals surface area contributed by atoms with Crippen LogP contribution in [0.4, 0.5) is 0 Å².